The maximum atomic E-state index is 11.6. The van der Waals surface area contributed by atoms with Gasteiger partial charge in [-0.15, -0.1) is 0 Å². The molecule has 2 atom stereocenters. The molecule has 0 saturated heterocycles. The van der Waals surface area contributed by atoms with Crippen LogP contribution in [0.1, 0.15) is 26.2 Å². The van der Waals surface area contributed by atoms with Gasteiger partial charge in [-0.2, -0.15) is 0 Å². The number of thiazole rings is 1. The third kappa shape index (κ3) is 2.77. The third-order valence-corrected chi connectivity index (χ3v) is 7.62. The van der Waals surface area contributed by atoms with Crippen molar-refractivity contribution in [3.05, 3.63) is 49.7 Å². The first-order valence-electron chi connectivity index (χ1n) is 9.02. The average molecular weight is 415 g/mol. The second kappa shape index (κ2) is 6.25. The van der Waals surface area contributed by atoms with Gasteiger partial charge in [-0.25, -0.2) is 0 Å². The van der Waals surface area contributed by atoms with E-state index >= 15 is 0 Å². The molecule has 0 bridgehead atoms. The number of aliphatic carboxylic acids is 1. The van der Waals surface area contributed by atoms with E-state index < -0.39 is 10.8 Å². The van der Waals surface area contributed by atoms with E-state index in [0.717, 1.165) is 38.6 Å². The Morgan fingerprint density at radius 2 is 2.29 bits per heavy atom. The molecule has 3 aliphatic rings. The SMILES string of the molecule is CC12N=CNC(Nc3ccc4[nH]c(=O)sc4c3)=C1C1=C(CC(C(=O)O)CC1)S2. The minimum atomic E-state index is -0.722. The number of allylic oxidation sites excluding steroid dienone is 1. The van der Waals surface area contributed by atoms with Crippen LogP contribution < -0.4 is 15.5 Å². The fourth-order valence-electron chi connectivity index (χ4n) is 4.09. The van der Waals surface area contributed by atoms with Gasteiger partial charge in [0.2, 0.25) is 0 Å². The molecule has 144 valence electrons. The number of aliphatic imine (C=N–C) groups is 1. The van der Waals surface area contributed by atoms with E-state index in [9.17, 15) is 14.7 Å². The van der Waals surface area contributed by atoms with Crippen molar-refractivity contribution in [2.24, 2.45) is 10.9 Å². The van der Waals surface area contributed by atoms with Gasteiger partial charge in [0.25, 0.3) is 0 Å². The number of H-pyrrole nitrogens is 1. The molecule has 5 rings (SSSR count). The molecule has 0 radical (unpaired) electrons. The van der Waals surface area contributed by atoms with Crippen LogP contribution in [0.4, 0.5) is 5.69 Å². The topological polar surface area (TPSA) is 107 Å². The number of thioether (sulfide) groups is 1. The molecule has 0 saturated carbocycles. The summed E-state index contributed by atoms with van der Waals surface area (Å²) < 4.78 is 0.899. The summed E-state index contributed by atoms with van der Waals surface area (Å²) in [6.07, 6.45) is 3.65. The Hall–Kier alpha value is -2.52. The number of nitrogens with zero attached hydrogens (tertiary/aromatic N) is 1. The lowest BCUT2D eigenvalue weighted by molar-refractivity contribution is -0.141. The Morgan fingerprint density at radius 3 is 3.11 bits per heavy atom. The number of nitrogens with one attached hydrogen (secondary N) is 3. The third-order valence-electron chi connectivity index (χ3n) is 5.41. The highest BCUT2D eigenvalue weighted by atomic mass is 32.2. The number of hydrogen-bond acceptors (Lipinski definition) is 7. The smallest absolute Gasteiger partial charge is 0.306 e. The van der Waals surface area contributed by atoms with Crippen LogP contribution in [0.15, 0.2) is 49.9 Å². The highest BCUT2D eigenvalue weighted by Gasteiger charge is 2.46. The maximum Gasteiger partial charge on any atom is 0.306 e. The quantitative estimate of drug-likeness (QED) is 0.613. The number of aromatic nitrogens is 1. The number of carboxylic acid groups (broad SMARTS) is 1. The van der Waals surface area contributed by atoms with Crippen molar-refractivity contribution in [1.29, 1.82) is 0 Å². The van der Waals surface area contributed by atoms with Crippen LogP contribution in [0, 0.1) is 5.92 Å². The van der Waals surface area contributed by atoms with Crippen molar-refractivity contribution in [3.63, 3.8) is 0 Å². The largest absolute Gasteiger partial charge is 0.481 e. The van der Waals surface area contributed by atoms with Gasteiger partial charge in [0, 0.05) is 11.3 Å². The van der Waals surface area contributed by atoms with E-state index in [1.54, 1.807) is 18.1 Å². The lowest BCUT2D eigenvalue weighted by atomic mass is 9.84. The highest BCUT2D eigenvalue weighted by Crippen LogP contribution is 2.57. The van der Waals surface area contributed by atoms with Crippen molar-refractivity contribution >= 4 is 51.3 Å². The fraction of sp³-hybridized carbons (Fsp3) is 0.316. The molecule has 0 spiro atoms. The van der Waals surface area contributed by atoms with Gasteiger partial charge in [-0.05, 0) is 54.9 Å². The Bertz CT molecular complexity index is 1160. The van der Waals surface area contributed by atoms with Crippen LogP contribution >= 0.6 is 23.1 Å². The van der Waals surface area contributed by atoms with Crippen LogP contribution in [0.2, 0.25) is 0 Å². The molecule has 2 aliphatic heterocycles. The van der Waals surface area contributed by atoms with Crippen molar-refractivity contribution in [2.45, 2.75) is 31.1 Å². The summed E-state index contributed by atoms with van der Waals surface area (Å²) in [5.41, 5.74) is 4.02. The Morgan fingerprint density at radius 1 is 1.43 bits per heavy atom. The van der Waals surface area contributed by atoms with Crippen LogP contribution in [-0.2, 0) is 4.79 Å². The van der Waals surface area contributed by atoms with Crippen molar-refractivity contribution < 1.29 is 9.90 Å². The summed E-state index contributed by atoms with van der Waals surface area (Å²) in [4.78, 5) is 31.1. The number of fused-ring (bicyclic) bond motifs is 3. The predicted octanol–water partition coefficient (Wildman–Crippen LogP) is 3.45. The summed E-state index contributed by atoms with van der Waals surface area (Å²) in [5.74, 6) is -0.173. The molecule has 4 N–H and O–H groups in total. The zero-order chi connectivity index (χ0) is 19.5. The van der Waals surface area contributed by atoms with Crippen molar-refractivity contribution in [3.8, 4) is 0 Å². The van der Waals surface area contributed by atoms with E-state index in [0.29, 0.717) is 12.8 Å². The standard InChI is InChI=1S/C19H18N4O3S2/c1-19-15(11-4-2-9(17(24)25)6-13(11)28-19)16(20-8-21-19)22-10-3-5-12-14(7-10)27-18(26)23-12/h3,5,7-9,22H,2,4,6H2,1H3,(H,20,21)(H,23,26)(H,24,25). The molecular formula is C19H18N4O3S2. The number of hydrogen-bond donors (Lipinski definition) is 4. The molecule has 9 heteroatoms. The molecule has 7 nitrogen and oxygen atoms in total. The number of carboxylic acids is 1. The van der Waals surface area contributed by atoms with Crippen LogP contribution in [0.25, 0.3) is 10.2 Å². The molecule has 1 aromatic heterocycles. The summed E-state index contributed by atoms with van der Waals surface area (Å²) in [6.45, 7) is 2.07. The zero-order valence-corrected chi connectivity index (χ0v) is 16.7. The molecule has 3 heterocycles. The van der Waals surface area contributed by atoms with Gasteiger partial charge >= 0.3 is 10.8 Å². The summed E-state index contributed by atoms with van der Waals surface area (Å²) >= 11 is 2.84. The molecular weight excluding hydrogens is 396 g/mol. The van der Waals surface area contributed by atoms with E-state index in [2.05, 4.69) is 27.5 Å². The van der Waals surface area contributed by atoms with Gasteiger partial charge < -0.3 is 20.7 Å². The summed E-state index contributed by atoms with van der Waals surface area (Å²) in [5, 5.41) is 16.1. The Labute approximate surface area is 168 Å². The highest BCUT2D eigenvalue weighted by molar-refractivity contribution is 8.05. The molecule has 1 aliphatic carbocycles. The van der Waals surface area contributed by atoms with Crippen molar-refractivity contribution in [2.75, 3.05) is 5.32 Å². The minimum absolute atomic E-state index is 0.0677. The second-order valence-electron chi connectivity index (χ2n) is 7.27. The van der Waals surface area contributed by atoms with Gasteiger partial charge in [-0.3, -0.25) is 14.6 Å². The monoisotopic (exact) mass is 414 g/mol. The first-order valence-corrected chi connectivity index (χ1v) is 10.7. The number of anilines is 1. The zero-order valence-electron chi connectivity index (χ0n) is 15.0. The summed E-state index contributed by atoms with van der Waals surface area (Å²) in [7, 11) is 0. The van der Waals surface area contributed by atoms with Crippen molar-refractivity contribution in [1.82, 2.24) is 10.3 Å². The molecule has 0 amide bonds. The van der Waals surface area contributed by atoms with Crippen LogP contribution in [0.3, 0.4) is 0 Å². The van der Waals surface area contributed by atoms with E-state index in [1.807, 2.05) is 18.2 Å². The first-order chi connectivity index (χ1) is 13.4. The summed E-state index contributed by atoms with van der Waals surface area (Å²) in [6, 6.07) is 5.78. The molecule has 2 unspecified atom stereocenters. The lowest BCUT2D eigenvalue weighted by Crippen LogP contribution is -2.33. The Balaban J connectivity index is 1.53. The molecule has 0 fully saturated rings. The molecule has 1 aromatic carbocycles. The van der Waals surface area contributed by atoms with E-state index in [-0.39, 0.29) is 10.8 Å². The van der Waals surface area contributed by atoms with Crippen LogP contribution in [0.5, 0.6) is 0 Å². The maximum absolute atomic E-state index is 11.6. The number of benzene rings is 1. The predicted molar refractivity (Wildman–Crippen MR) is 113 cm³/mol. The number of carbonyl (C=O) groups is 1. The average Bonchev–Trinajstić information content (AvgIpc) is 3.16. The van der Waals surface area contributed by atoms with Crippen LogP contribution in [-0.4, -0.2) is 27.3 Å². The van der Waals surface area contributed by atoms with Gasteiger partial charge in [0.05, 0.1) is 22.5 Å². The Kier molecular flexibility index (Phi) is 3.92. The normalized spacial score (nSPS) is 26.2. The number of rotatable bonds is 3. The van der Waals surface area contributed by atoms with E-state index in [4.69, 9.17) is 0 Å². The number of aromatic amines is 1. The molecule has 2 aromatic rings. The van der Waals surface area contributed by atoms with E-state index in [1.165, 1.54) is 16.9 Å². The first kappa shape index (κ1) is 17.6. The molecule has 28 heavy (non-hydrogen) atoms. The second-order valence-corrected chi connectivity index (χ2v) is 9.77. The lowest BCUT2D eigenvalue weighted by Gasteiger charge is -2.29. The van der Waals surface area contributed by atoms with Gasteiger partial charge in [0.15, 0.2) is 0 Å². The fourth-order valence-corrected chi connectivity index (χ4v) is 6.39. The minimum Gasteiger partial charge on any atom is -0.481 e. The van der Waals surface area contributed by atoms with Gasteiger partial charge in [0.1, 0.15) is 10.7 Å². The van der Waals surface area contributed by atoms with Gasteiger partial charge in [-0.1, -0.05) is 23.1 Å².